The van der Waals surface area contributed by atoms with Crippen LogP contribution in [0.1, 0.15) is 11.1 Å². The predicted octanol–water partition coefficient (Wildman–Crippen LogP) is 4.42. The van der Waals surface area contributed by atoms with E-state index in [1.54, 1.807) is 30.7 Å². The molecule has 1 aromatic carbocycles. The van der Waals surface area contributed by atoms with Gasteiger partial charge in [-0.05, 0) is 41.5 Å². The topological polar surface area (TPSA) is 55.1 Å². The summed E-state index contributed by atoms with van der Waals surface area (Å²) in [6.07, 6.45) is 2.25. The quantitative estimate of drug-likeness (QED) is 0.579. The largest absolute Gasteiger partial charge is 0.416 e. The van der Waals surface area contributed by atoms with Gasteiger partial charge in [-0.2, -0.15) is 18.3 Å². The van der Waals surface area contributed by atoms with Crippen molar-refractivity contribution in [2.75, 3.05) is 5.32 Å². The SMILES string of the molecule is FC(F)(F)c1cccc(-c2cnn3ccc(NCc4ccncc4)nc23)c1. The van der Waals surface area contributed by atoms with Gasteiger partial charge in [-0.15, -0.1) is 0 Å². The number of halogens is 3. The maximum Gasteiger partial charge on any atom is 0.416 e. The van der Waals surface area contributed by atoms with E-state index in [1.165, 1.54) is 16.8 Å². The van der Waals surface area contributed by atoms with E-state index in [-0.39, 0.29) is 0 Å². The molecule has 3 aromatic heterocycles. The number of nitrogens with one attached hydrogen (secondary N) is 1. The molecule has 0 spiro atoms. The van der Waals surface area contributed by atoms with Crippen LogP contribution in [0.5, 0.6) is 0 Å². The third-order valence-corrected chi connectivity index (χ3v) is 4.09. The van der Waals surface area contributed by atoms with Gasteiger partial charge in [-0.1, -0.05) is 12.1 Å². The van der Waals surface area contributed by atoms with Crippen molar-refractivity contribution in [3.63, 3.8) is 0 Å². The number of fused-ring (bicyclic) bond motifs is 1. The Balaban J connectivity index is 1.66. The van der Waals surface area contributed by atoms with E-state index in [9.17, 15) is 13.2 Å². The number of hydrogen-bond donors (Lipinski definition) is 1. The van der Waals surface area contributed by atoms with Crippen molar-refractivity contribution >= 4 is 11.5 Å². The number of hydrogen-bond acceptors (Lipinski definition) is 4. The monoisotopic (exact) mass is 369 g/mol. The lowest BCUT2D eigenvalue weighted by atomic mass is 10.1. The Morgan fingerprint density at radius 3 is 2.63 bits per heavy atom. The van der Waals surface area contributed by atoms with Crippen LogP contribution in [0.25, 0.3) is 16.8 Å². The van der Waals surface area contributed by atoms with E-state index in [0.717, 1.165) is 17.7 Å². The molecule has 0 unspecified atom stereocenters. The first-order valence-corrected chi connectivity index (χ1v) is 8.15. The molecule has 27 heavy (non-hydrogen) atoms. The molecule has 136 valence electrons. The summed E-state index contributed by atoms with van der Waals surface area (Å²) in [4.78, 5) is 8.48. The summed E-state index contributed by atoms with van der Waals surface area (Å²) in [6, 6.07) is 10.7. The molecule has 0 saturated heterocycles. The van der Waals surface area contributed by atoms with Crippen LogP contribution >= 0.6 is 0 Å². The van der Waals surface area contributed by atoms with Crippen molar-refractivity contribution in [2.24, 2.45) is 0 Å². The molecule has 0 amide bonds. The Labute approximate surface area is 152 Å². The summed E-state index contributed by atoms with van der Waals surface area (Å²) < 4.78 is 40.5. The van der Waals surface area contributed by atoms with Crippen molar-refractivity contribution in [1.82, 2.24) is 19.6 Å². The van der Waals surface area contributed by atoms with Crippen LogP contribution < -0.4 is 5.32 Å². The van der Waals surface area contributed by atoms with Crippen molar-refractivity contribution in [2.45, 2.75) is 12.7 Å². The van der Waals surface area contributed by atoms with Crippen molar-refractivity contribution in [3.05, 3.63) is 78.4 Å². The van der Waals surface area contributed by atoms with Gasteiger partial charge in [0.15, 0.2) is 5.65 Å². The van der Waals surface area contributed by atoms with Crippen LogP contribution in [-0.2, 0) is 12.7 Å². The second kappa shape index (κ2) is 6.71. The van der Waals surface area contributed by atoms with Gasteiger partial charge in [-0.3, -0.25) is 4.98 Å². The molecule has 0 aliphatic carbocycles. The van der Waals surface area contributed by atoms with E-state index < -0.39 is 11.7 Å². The average molecular weight is 369 g/mol. The third kappa shape index (κ3) is 3.59. The first-order chi connectivity index (χ1) is 13.0. The second-order valence-corrected chi connectivity index (χ2v) is 5.93. The molecule has 1 N–H and O–H groups in total. The fraction of sp³-hybridized carbons (Fsp3) is 0.105. The van der Waals surface area contributed by atoms with Crippen LogP contribution in [0.2, 0.25) is 0 Å². The van der Waals surface area contributed by atoms with E-state index in [1.807, 2.05) is 12.1 Å². The summed E-state index contributed by atoms with van der Waals surface area (Å²) in [6.45, 7) is 0.554. The minimum Gasteiger partial charge on any atom is -0.366 e. The number of nitrogens with zero attached hydrogens (tertiary/aromatic N) is 4. The molecule has 0 aliphatic heterocycles. The van der Waals surface area contributed by atoms with Gasteiger partial charge in [0.05, 0.1) is 11.8 Å². The van der Waals surface area contributed by atoms with Crippen LogP contribution in [0.15, 0.2) is 67.3 Å². The van der Waals surface area contributed by atoms with Gasteiger partial charge in [-0.25, -0.2) is 9.50 Å². The Morgan fingerprint density at radius 2 is 1.85 bits per heavy atom. The van der Waals surface area contributed by atoms with Gasteiger partial charge >= 0.3 is 6.18 Å². The molecule has 8 heteroatoms. The molecule has 3 heterocycles. The summed E-state index contributed by atoms with van der Waals surface area (Å²) in [5.74, 6) is 0.605. The van der Waals surface area contributed by atoms with E-state index >= 15 is 0 Å². The Hall–Kier alpha value is -3.42. The molecular formula is C19H14F3N5. The summed E-state index contributed by atoms with van der Waals surface area (Å²) >= 11 is 0. The van der Waals surface area contributed by atoms with Gasteiger partial charge in [0.2, 0.25) is 0 Å². The maximum absolute atomic E-state index is 13.0. The molecule has 0 atom stereocenters. The number of alkyl halides is 3. The van der Waals surface area contributed by atoms with Gasteiger partial charge in [0, 0.05) is 30.7 Å². The van der Waals surface area contributed by atoms with Crippen LogP contribution in [0, 0.1) is 0 Å². The third-order valence-electron chi connectivity index (χ3n) is 4.09. The first-order valence-electron chi connectivity index (χ1n) is 8.15. The van der Waals surface area contributed by atoms with Crippen LogP contribution in [-0.4, -0.2) is 19.6 Å². The number of benzene rings is 1. The standard InChI is InChI=1S/C19H14F3N5/c20-19(21,22)15-3-1-2-14(10-15)16-12-25-27-9-6-17(26-18(16)27)24-11-13-4-7-23-8-5-13/h1-10,12H,11H2,(H,24,26). The smallest absolute Gasteiger partial charge is 0.366 e. The van der Waals surface area contributed by atoms with Crippen LogP contribution in [0.3, 0.4) is 0 Å². The fourth-order valence-electron chi connectivity index (χ4n) is 2.73. The summed E-state index contributed by atoms with van der Waals surface area (Å²) in [5, 5.41) is 7.38. The molecule has 0 fully saturated rings. The lowest BCUT2D eigenvalue weighted by molar-refractivity contribution is -0.137. The zero-order valence-electron chi connectivity index (χ0n) is 14.0. The summed E-state index contributed by atoms with van der Waals surface area (Å²) in [5.41, 5.74) is 1.77. The highest BCUT2D eigenvalue weighted by Gasteiger charge is 2.30. The molecule has 0 bridgehead atoms. The lowest BCUT2D eigenvalue weighted by Crippen LogP contribution is -2.04. The van der Waals surface area contributed by atoms with Gasteiger partial charge in [0.25, 0.3) is 0 Å². The number of rotatable bonds is 4. The molecule has 0 aliphatic rings. The maximum atomic E-state index is 13.0. The highest BCUT2D eigenvalue weighted by atomic mass is 19.4. The minimum atomic E-state index is -4.40. The zero-order chi connectivity index (χ0) is 18.9. The first kappa shape index (κ1) is 17.0. The molecule has 4 aromatic rings. The molecular weight excluding hydrogens is 355 g/mol. The fourth-order valence-corrected chi connectivity index (χ4v) is 2.73. The number of anilines is 1. The molecule has 0 radical (unpaired) electrons. The second-order valence-electron chi connectivity index (χ2n) is 5.93. The molecule has 0 saturated carbocycles. The number of pyridine rings is 1. The molecule has 4 rings (SSSR count). The Bertz CT molecular complexity index is 1070. The highest BCUT2D eigenvalue weighted by Crippen LogP contribution is 2.33. The number of aromatic nitrogens is 4. The average Bonchev–Trinajstić information content (AvgIpc) is 3.10. The normalized spacial score (nSPS) is 11.7. The van der Waals surface area contributed by atoms with Gasteiger partial charge in [0.1, 0.15) is 5.82 Å². The van der Waals surface area contributed by atoms with Gasteiger partial charge < -0.3 is 5.32 Å². The predicted molar refractivity (Wildman–Crippen MR) is 95.0 cm³/mol. The summed E-state index contributed by atoms with van der Waals surface area (Å²) in [7, 11) is 0. The Kier molecular flexibility index (Phi) is 4.23. The highest BCUT2D eigenvalue weighted by molar-refractivity contribution is 5.78. The molecule has 5 nitrogen and oxygen atoms in total. The lowest BCUT2D eigenvalue weighted by Gasteiger charge is -2.09. The van der Waals surface area contributed by atoms with Crippen molar-refractivity contribution < 1.29 is 13.2 Å². The van der Waals surface area contributed by atoms with E-state index in [2.05, 4.69) is 20.4 Å². The minimum absolute atomic E-state index is 0.415. The van der Waals surface area contributed by atoms with Crippen molar-refractivity contribution in [1.29, 1.82) is 0 Å². The van der Waals surface area contributed by atoms with Crippen molar-refractivity contribution in [3.8, 4) is 11.1 Å². The van der Waals surface area contributed by atoms with Crippen LogP contribution in [0.4, 0.5) is 19.0 Å². The van der Waals surface area contributed by atoms with E-state index in [0.29, 0.717) is 29.1 Å². The van der Waals surface area contributed by atoms with E-state index in [4.69, 9.17) is 0 Å². The Morgan fingerprint density at radius 1 is 1.04 bits per heavy atom. The zero-order valence-corrected chi connectivity index (χ0v) is 14.0.